The van der Waals surface area contributed by atoms with Crippen molar-refractivity contribution in [3.63, 3.8) is 0 Å². The van der Waals surface area contributed by atoms with Gasteiger partial charge in [0.05, 0.1) is 5.56 Å². The van der Waals surface area contributed by atoms with E-state index in [1.54, 1.807) is 18.2 Å². The average molecular weight is 266 g/mol. The molecule has 6 heteroatoms. The zero-order valence-corrected chi connectivity index (χ0v) is 10.3. The highest BCUT2D eigenvalue weighted by Gasteiger charge is 2.07. The zero-order chi connectivity index (χ0) is 13.9. The minimum atomic E-state index is -0.943. The lowest BCUT2D eigenvalue weighted by molar-refractivity contribution is 0.0697. The maximum absolute atomic E-state index is 11.0. The molecule has 1 aromatic heterocycles. The van der Waals surface area contributed by atoms with Gasteiger partial charge >= 0.3 is 5.97 Å². The molecule has 2 aromatic carbocycles. The number of benzene rings is 2. The van der Waals surface area contributed by atoms with E-state index in [4.69, 9.17) is 5.11 Å². The third kappa shape index (κ3) is 2.26. The predicted octanol–water partition coefficient (Wildman–Crippen LogP) is 2.23. The number of tetrazole rings is 1. The quantitative estimate of drug-likeness (QED) is 0.758. The molecule has 0 aliphatic rings. The standard InChI is InChI=1S/C14H10N4O2/c19-14(20)12-6-2-4-10(8-12)9-3-1-5-11(7-9)13-15-17-18-16-13/h1-8H,(H,19,20)(H,15,16,17,18). The highest BCUT2D eigenvalue weighted by Crippen LogP contribution is 2.24. The number of aromatic carboxylic acids is 1. The van der Waals surface area contributed by atoms with Gasteiger partial charge in [-0.15, -0.1) is 10.2 Å². The van der Waals surface area contributed by atoms with Gasteiger partial charge in [0.25, 0.3) is 0 Å². The predicted molar refractivity (Wildman–Crippen MR) is 72.0 cm³/mol. The molecule has 0 bridgehead atoms. The molecule has 6 nitrogen and oxygen atoms in total. The van der Waals surface area contributed by atoms with Crippen LogP contribution in [0, 0.1) is 0 Å². The summed E-state index contributed by atoms with van der Waals surface area (Å²) in [7, 11) is 0. The second kappa shape index (κ2) is 4.93. The summed E-state index contributed by atoms with van der Waals surface area (Å²) in [6, 6.07) is 14.3. The fourth-order valence-corrected chi connectivity index (χ4v) is 1.95. The first-order chi connectivity index (χ1) is 9.74. The van der Waals surface area contributed by atoms with Crippen molar-refractivity contribution < 1.29 is 9.90 Å². The Hall–Kier alpha value is -3.02. The monoisotopic (exact) mass is 266 g/mol. The number of H-pyrrole nitrogens is 1. The Kier molecular flexibility index (Phi) is 2.96. The van der Waals surface area contributed by atoms with E-state index in [0.717, 1.165) is 16.7 Å². The minimum absolute atomic E-state index is 0.257. The van der Waals surface area contributed by atoms with Gasteiger partial charge in [-0.1, -0.05) is 30.3 Å². The summed E-state index contributed by atoms with van der Waals surface area (Å²) >= 11 is 0. The topological polar surface area (TPSA) is 91.8 Å². The first kappa shape index (κ1) is 12.0. The molecule has 0 spiro atoms. The van der Waals surface area contributed by atoms with E-state index in [0.29, 0.717) is 5.82 Å². The van der Waals surface area contributed by atoms with Gasteiger partial charge in [0.15, 0.2) is 0 Å². The van der Waals surface area contributed by atoms with Crippen LogP contribution in [0.3, 0.4) is 0 Å². The van der Waals surface area contributed by atoms with Crippen molar-refractivity contribution in [1.82, 2.24) is 20.6 Å². The van der Waals surface area contributed by atoms with Crippen LogP contribution in [0.4, 0.5) is 0 Å². The summed E-state index contributed by atoms with van der Waals surface area (Å²) in [6.45, 7) is 0. The molecule has 0 unspecified atom stereocenters. The SMILES string of the molecule is O=C(O)c1cccc(-c2cccc(-c3nn[nH]n3)c2)c1. The molecular formula is C14H10N4O2. The number of nitrogens with zero attached hydrogens (tertiary/aromatic N) is 3. The van der Waals surface area contributed by atoms with Crippen molar-refractivity contribution in [2.45, 2.75) is 0 Å². The smallest absolute Gasteiger partial charge is 0.335 e. The highest BCUT2D eigenvalue weighted by atomic mass is 16.4. The molecule has 0 saturated heterocycles. The van der Waals surface area contributed by atoms with Gasteiger partial charge < -0.3 is 5.11 Å². The Balaban J connectivity index is 2.04. The average Bonchev–Trinajstić information content (AvgIpc) is 3.02. The van der Waals surface area contributed by atoms with Crippen LogP contribution in [0.15, 0.2) is 48.5 Å². The fraction of sp³-hybridized carbons (Fsp3) is 0. The number of hydrogen-bond acceptors (Lipinski definition) is 4. The molecular weight excluding hydrogens is 256 g/mol. The summed E-state index contributed by atoms with van der Waals surface area (Å²) in [6.07, 6.45) is 0. The minimum Gasteiger partial charge on any atom is -0.478 e. The lowest BCUT2D eigenvalue weighted by Crippen LogP contribution is -1.95. The number of carboxylic acids is 1. The van der Waals surface area contributed by atoms with Crippen LogP contribution in [0.5, 0.6) is 0 Å². The number of aromatic nitrogens is 4. The Labute approximate surface area is 114 Å². The van der Waals surface area contributed by atoms with E-state index < -0.39 is 5.97 Å². The molecule has 0 amide bonds. The number of carboxylic acid groups (broad SMARTS) is 1. The van der Waals surface area contributed by atoms with Crippen molar-refractivity contribution in [2.24, 2.45) is 0 Å². The Morgan fingerprint density at radius 2 is 1.70 bits per heavy atom. The maximum atomic E-state index is 11.0. The summed E-state index contributed by atoms with van der Waals surface area (Å²) < 4.78 is 0. The summed E-state index contributed by atoms with van der Waals surface area (Å²) in [5, 5.41) is 22.8. The number of hydrogen-bond donors (Lipinski definition) is 2. The lowest BCUT2D eigenvalue weighted by Gasteiger charge is -2.04. The normalized spacial score (nSPS) is 10.4. The number of aromatic amines is 1. The molecule has 0 saturated carbocycles. The fourth-order valence-electron chi connectivity index (χ4n) is 1.95. The Morgan fingerprint density at radius 1 is 1.00 bits per heavy atom. The van der Waals surface area contributed by atoms with Gasteiger partial charge in [0, 0.05) is 5.56 Å². The van der Waals surface area contributed by atoms with Gasteiger partial charge in [-0.3, -0.25) is 0 Å². The van der Waals surface area contributed by atoms with E-state index in [-0.39, 0.29) is 5.56 Å². The Morgan fingerprint density at radius 3 is 2.40 bits per heavy atom. The summed E-state index contributed by atoms with van der Waals surface area (Å²) in [5.41, 5.74) is 2.80. The van der Waals surface area contributed by atoms with Crippen LogP contribution in [-0.4, -0.2) is 31.7 Å². The molecule has 20 heavy (non-hydrogen) atoms. The van der Waals surface area contributed by atoms with E-state index >= 15 is 0 Å². The van der Waals surface area contributed by atoms with Gasteiger partial charge in [0.2, 0.25) is 5.82 Å². The van der Waals surface area contributed by atoms with Crippen molar-refractivity contribution >= 4 is 5.97 Å². The van der Waals surface area contributed by atoms with Crippen molar-refractivity contribution in [3.05, 3.63) is 54.1 Å². The molecule has 0 fully saturated rings. The Bertz CT molecular complexity index is 753. The van der Waals surface area contributed by atoms with Crippen LogP contribution in [-0.2, 0) is 0 Å². The molecule has 0 atom stereocenters. The van der Waals surface area contributed by atoms with Crippen LogP contribution in [0.1, 0.15) is 10.4 Å². The summed E-state index contributed by atoms with van der Waals surface area (Å²) in [5.74, 6) is -0.442. The number of rotatable bonds is 3. The first-order valence-corrected chi connectivity index (χ1v) is 5.91. The van der Waals surface area contributed by atoms with Crippen molar-refractivity contribution in [1.29, 1.82) is 0 Å². The van der Waals surface area contributed by atoms with Gasteiger partial charge in [-0.2, -0.15) is 5.21 Å². The maximum Gasteiger partial charge on any atom is 0.335 e. The van der Waals surface area contributed by atoms with Crippen LogP contribution >= 0.6 is 0 Å². The lowest BCUT2D eigenvalue weighted by atomic mass is 10.0. The van der Waals surface area contributed by atoms with E-state index in [1.807, 2.05) is 30.3 Å². The molecule has 0 aliphatic carbocycles. The molecule has 0 radical (unpaired) electrons. The third-order valence-electron chi connectivity index (χ3n) is 2.91. The van der Waals surface area contributed by atoms with Gasteiger partial charge in [-0.25, -0.2) is 4.79 Å². The van der Waals surface area contributed by atoms with E-state index in [2.05, 4.69) is 20.6 Å². The molecule has 0 aliphatic heterocycles. The molecule has 3 rings (SSSR count). The largest absolute Gasteiger partial charge is 0.478 e. The number of nitrogens with one attached hydrogen (secondary N) is 1. The van der Waals surface area contributed by atoms with Gasteiger partial charge in [0.1, 0.15) is 0 Å². The van der Waals surface area contributed by atoms with Gasteiger partial charge in [-0.05, 0) is 34.5 Å². The summed E-state index contributed by atoms with van der Waals surface area (Å²) in [4.78, 5) is 11.0. The van der Waals surface area contributed by atoms with Crippen molar-refractivity contribution in [2.75, 3.05) is 0 Å². The number of carbonyl (C=O) groups is 1. The van der Waals surface area contributed by atoms with E-state index in [1.165, 1.54) is 0 Å². The molecule has 3 aromatic rings. The van der Waals surface area contributed by atoms with Crippen LogP contribution in [0.2, 0.25) is 0 Å². The van der Waals surface area contributed by atoms with Crippen LogP contribution in [0.25, 0.3) is 22.5 Å². The second-order valence-electron chi connectivity index (χ2n) is 4.20. The molecule has 1 heterocycles. The molecule has 2 N–H and O–H groups in total. The third-order valence-corrected chi connectivity index (χ3v) is 2.91. The van der Waals surface area contributed by atoms with E-state index in [9.17, 15) is 4.79 Å². The highest BCUT2D eigenvalue weighted by molar-refractivity contribution is 5.89. The van der Waals surface area contributed by atoms with Crippen molar-refractivity contribution in [3.8, 4) is 22.5 Å². The zero-order valence-electron chi connectivity index (χ0n) is 10.3. The van der Waals surface area contributed by atoms with Crippen LogP contribution < -0.4 is 0 Å². The molecule has 98 valence electrons. The first-order valence-electron chi connectivity index (χ1n) is 5.91. The second-order valence-corrected chi connectivity index (χ2v) is 4.20.